The van der Waals surface area contributed by atoms with Crippen molar-refractivity contribution in [3.8, 4) is 0 Å². The Bertz CT molecular complexity index is 578. The van der Waals surface area contributed by atoms with Gasteiger partial charge in [-0.15, -0.1) is 0 Å². The van der Waals surface area contributed by atoms with Gasteiger partial charge >= 0.3 is 0 Å². The second-order valence-corrected chi connectivity index (χ2v) is 6.89. The number of nitrogens with two attached hydrogens (primary N) is 1. The number of hydrogen-bond donors (Lipinski definition) is 1. The molecule has 132 valence electrons. The highest BCUT2D eigenvalue weighted by atomic mass is 16.3. The van der Waals surface area contributed by atoms with Crippen molar-refractivity contribution in [2.75, 3.05) is 26.2 Å². The van der Waals surface area contributed by atoms with Crippen LogP contribution < -0.4 is 5.73 Å². The van der Waals surface area contributed by atoms with Gasteiger partial charge in [-0.2, -0.15) is 0 Å². The molecule has 0 aromatic carbocycles. The number of carbonyl (C=O) groups is 2. The molecule has 1 aliphatic heterocycles. The van der Waals surface area contributed by atoms with Gasteiger partial charge in [0.15, 0.2) is 0 Å². The van der Waals surface area contributed by atoms with Crippen LogP contribution in [0.4, 0.5) is 0 Å². The van der Waals surface area contributed by atoms with Crippen molar-refractivity contribution in [3.05, 3.63) is 23.7 Å². The molecule has 1 saturated heterocycles. The summed E-state index contributed by atoms with van der Waals surface area (Å²) in [6.45, 7) is 2.91. The Hall–Kier alpha value is -1.82. The monoisotopic (exact) mass is 333 g/mol. The molecule has 6 nitrogen and oxygen atoms in total. The number of rotatable bonds is 4. The van der Waals surface area contributed by atoms with Crippen LogP contribution in [0.2, 0.25) is 0 Å². The van der Waals surface area contributed by atoms with Gasteiger partial charge in [0.05, 0.1) is 12.1 Å². The van der Waals surface area contributed by atoms with E-state index in [0.29, 0.717) is 43.3 Å². The fraction of sp³-hybridized carbons (Fsp3) is 0.667. The molecule has 2 N–H and O–H groups in total. The lowest BCUT2D eigenvalue weighted by Crippen LogP contribution is -2.37. The second-order valence-electron chi connectivity index (χ2n) is 6.89. The summed E-state index contributed by atoms with van der Waals surface area (Å²) in [6, 6.07) is 1.70. The summed E-state index contributed by atoms with van der Waals surface area (Å²) < 4.78 is 5.25. The van der Waals surface area contributed by atoms with Crippen LogP contribution in [-0.4, -0.2) is 47.8 Å². The van der Waals surface area contributed by atoms with E-state index in [4.69, 9.17) is 10.2 Å². The molecule has 6 heteroatoms. The van der Waals surface area contributed by atoms with Gasteiger partial charge in [0.2, 0.25) is 5.91 Å². The van der Waals surface area contributed by atoms with Gasteiger partial charge in [0.1, 0.15) is 12.0 Å². The van der Waals surface area contributed by atoms with Crippen molar-refractivity contribution < 1.29 is 14.0 Å². The van der Waals surface area contributed by atoms with Crippen LogP contribution in [0.15, 0.2) is 16.7 Å². The molecule has 0 unspecified atom stereocenters. The zero-order valence-electron chi connectivity index (χ0n) is 14.2. The molecule has 2 aliphatic rings. The van der Waals surface area contributed by atoms with Crippen LogP contribution in [0.25, 0.3) is 0 Å². The SMILES string of the molecule is NCc1cc(C(=O)N2CCCN(C(=O)CC3CCCC3)CC2)co1. The molecule has 0 radical (unpaired) electrons. The summed E-state index contributed by atoms with van der Waals surface area (Å²) in [7, 11) is 0. The molecule has 1 aliphatic carbocycles. The summed E-state index contributed by atoms with van der Waals surface area (Å²) in [5, 5.41) is 0. The lowest BCUT2D eigenvalue weighted by atomic mass is 10.0. The summed E-state index contributed by atoms with van der Waals surface area (Å²) in [5.41, 5.74) is 6.07. The Morgan fingerprint density at radius 2 is 1.79 bits per heavy atom. The number of amides is 2. The molecule has 2 amide bonds. The first-order valence-corrected chi connectivity index (χ1v) is 9.02. The zero-order chi connectivity index (χ0) is 16.9. The third-order valence-corrected chi connectivity index (χ3v) is 5.18. The van der Waals surface area contributed by atoms with E-state index in [1.165, 1.54) is 31.9 Å². The van der Waals surface area contributed by atoms with E-state index < -0.39 is 0 Å². The minimum Gasteiger partial charge on any atom is -0.467 e. The van der Waals surface area contributed by atoms with Crippen LogP contribution >= 0.6 is 0 Å². The topological polar surface area (TPSA) is 79.8 Å². The van der Waals surface area contributed by atoms with E-state index in [0.717, 1.165) is 13.0 Å². The molecule has 3 rings (SSSR count). The summed E-state index contributed by atoms with van der Waals surface area (Å²) >= 11 is 0. The first-order valence-electron chi connectivity index (χ1n) is 9.02. The third-order valence-electron chi connectivity index (χ3n) is 5.18. The van der Waals surface area contributed by atoms with E-state index >= 15 is 0 Å². The average molecular weight is 333 g/mol. The maximum Gasteiger partial charge on any atom is 0.257 e. The van der Waals surface area contributed by atoms with Crippen LogP contribution in [0.3, 0.4) is 0 Å². The van der Waals surface area contributed by atoms with Crippen molar-refractivity contribution in [3.63, 3.8) is 0 Å². The molecule has 1 aromatic rings. The van der Waals surface area contributed by atoms with Gasteiger partial charge in [-0.3, -0.25) is 9.59 Å². The summed E-state index contributed by atoms with van der Waals surface area (Å²) in [4.78, 5) is 28.8. The summed E-state index contributed by atoms with van der Waals surface area (Å²) in [6.07, 6.45) is 7.87. The zero-order valence-corrected chi connectivity index (χ0v) is 14.2. The minimum atomic E-state index is -0.0384. The number of nitrogens with zero attached hydrogens (tertiary/aromatic N) is 2. The Balaban J connectivity index is 1.54. The van der Waals surface area contributed by atoms with Crippen molar-refractivity contribution >= 4 is 11.8 Å². The molecule has 0 bridgehead atoms. The highest BCUT2D eigenvalue weighted by Crippen LogP contribution is 2.28. The van der Waals surface area contributed by atoms with Crippen LogP contribution in [0, 0.1) is 5.92 Å². The van der Waals surface area contributed by atoms with Crippen LogP contribution in [0.1, 0.15) is 54.6 Å². The Labute approximate surface area is 143 Å². The maximum absolute atomic E-state index is 12.6. The fourth-order valence-electron chi connectivity index (χ4n) is 3.74. The van der Waals surface area contributed by atoms with Crippen LogP contribution in [-0.2, 0) is 11.3 Å². The Morgan fingerprint density at radius 1 is 1.08 bits per heavy atom. The normalized spacial score (nSPS) is 19.5. The van der Waals surface area contributed by atoms with E-state index in [2.05, 4.69) is 0 Å². The molecular formula is C18H27N3O3. The molecule has 1 saturated carbocycles. The van der Waals surface area contributed by atoms with E-state index in [1.54, 1.807) is 6.07 Å². The van der Waals surface area contributed by atoms with Crippen LogP contribution in [0.5, 0.6) is 0 Å². The molecule has 2 fully saturated rings. The van der Waals surface area contributed by atoms with Gasteiger partial charge in [-0.1, -0.05) is 12.8 Å². The van der Waals surface area contributed by atoms with Crippen molar-refractivity contribution in [1.82, 2.24) is 9.80 Å². The lowest BCUT2D eigenvalue weighted by molar-refractivity contribution is -0.132. The fourth-order valence-corrected chi connectivity index (χ4v) is 3.74. The number of hydrogen-bond acceptors (Lipinski definition) is 4. The highest BCUT2D eigenvalue weighted by molar-refractivity contribution is 5.94. The van der Waals surface area contributed by atoms with Crippen molar-refractivity contribution in [2.45, 2.75) is 45.1 Å². The van der Waals surface area contributed by atoms with Gasteiger partial charge in [0.25, 0.3) is 5.91 Å². The molecule has 2 heterocycles. The Morgan fingerprint density at radius 3 is 2.50 bits per heavy atom. The van der Waals surface area contributed by atoms with E-state index in [9.17, 15) is 9.59 Å². The first-order chi connectivity index (χ1) is 11.7. The van der Waals surface area contributed by atoms with Gasteiger partial charge < -0.3 is 20.0 Å². The molecular weight excluding hydrogens is 306 g/mol. The smallest absolute Gasteiger partial charge is 0.257 e. The Kier molecular flexibility index (Phi) is 5.56. The van der Waals surface area contributed by atoms with Gasteiger partial charge in [0, 0.05) is 32.6 Å². The average Bonchev–Trinajstić information content (AvgIpc) is 3.21. The van der Waals surface area contributed by atoms with E-state index in [1.807, 2.05) is 9.80 Å². The highest BCUT2D eigenvalue weighted by Gasteiger charge is 2.26. The lowest BCUT2D eigenvalue weighted by Gasteiger charge is -2.23. The predicted molar refractivity (Wildman–Crippen MR) is 90.3 cm³/mol. The number of furan rings is 1. The van der Waals surface area contributed by atoms with Gasteiger partial charge in [-0.05, 0) is 31.2 Å². The predicted octanol–water partition coefficient (Wildman–Crippen LogP) is 1.99. The quantitative estimate of drug-likeness (QED) is 0.914. The number of carbonyl (C=O) groups excluding carboxylic acids is 2. The largest absolute Gasteiger partial charge is 0.467 e. The maximum atomic E-state index is 12.6. The molecule has 0 spiro atoms. The van der Waals surface area contributed by atoms with Gasteiger partial charge in [-0.25, -0.2) is 0 Å². The second kappa shape index (κ2) is 7.83. The van der Waals surface area contributed by atoms with E-state index in [-0.39, 0.29) is 18.4 Å². The molecule has 24 heavy (non-hydrogen) atoms. The standard InChI is InChI=1S/C18H27N3O3/c19-12-16-11-15(13-24-16)18(23)21-7-3-6-20(8-9-21)17(22)10-14-4-1-2-5-14/h11,13-14H,1-10,12,19H2. The minimum absolute atomic E-state index is 0.0384. The van der Waals surface area contributed by atoms with Crippen molar-refractivity contribution in [1.29, 1.82) is 0 Å². The molecule has 1 aromatic heterocycles. The van der Waals surface area contributed by atoms with Crippen molar-refractivity contribution in [2.24, 2.45) is 11.7 Å². The first kappa shape index (κ1) is 17.0. The molecule has 0 atom stereocenters. The third kappa shape index (κ3) is 3.98. The summed E-state index contributed by atoms with van der Waals surface area (Å²) in [5.74, 6) is 1.40.